The van der Waals surface area contributed by atoms with E-state index >= 15 is 0 Å². The topological polar surface area (TPSA) is 117 Å². The van der Waals surface area contributed by atoms with Crippen LogP contribution in [0.25, 0.3) is 5.52 Å². The Kier molecular flexibility index (Phi) is 8.01. The molecular weight excluding hydrogens is 488 g/mol. The van der Waals surface area contributed by atoms with Crippen LogP contribution < -0.4 is 10.3 Å². The number of fused-ring (bicyclic) bond motifs is 1. The molecule has 1 amide bonds. The normalized spacial score (nSPS) is 12.3. The summed E-state index contributed by atoms with van der Waals surface area (Å²) in [5.41, 5.74) is 3.96. The largest absolute Gasteiger partial charge is 0.378 e. The van der Waals surface area contributed by atoms with Gasteiger partial charge in [0.2, 0.25) is 0 Å². The van der Waals surface area contributed by atoms with Crippen LogP contribution in [-0.2, 0) is 19.7 Å². The van der Waals surface area contributed by atoms with Gasteiger partial charge in [-0.05, 0) is 42.7 Å². The number of anilines is 1. The van der Waals surface area contributed by atoms with E-state index in [1.165, 1.54) is 22.9 Å². The number of hydrazone groups is 1. The van der Waals surface area contributed by atoms with Gasteiger partial charge in [-0.15, -0.1) is 0 Å². The van der Waals surface area contributed by atoms with Crippen LogP contribution in [0.2, 0.25) is 0 Å². The number of benzene rings is 1. The fraction of sp³-hybridized carbons (Fsp3) is 0.333. The smallest absolute Gasteiger partial charge is 0.289 e. The van der Waals surface area contributed by atoms with Gasteiger partial charge in [0.25, 0.3) is 5.91 Å². The lowest BCUT2D eigenvalue weighted by molar-refractivity contribution is 0.0945. The Morgan fingerprint density at radius 3 is 2.11 bits per heavy atom. The van der Waals surface area contributed by atoms with E-state index in [4.69, 9.17) is 0 Å². The first-order valence-corrected chi connectivity index (χ1v) is 14.5. The summed E-state index contributed by atoms with van der Waals surface area (Å²) in [5, 5.41) is 3.98. The van der Waals surface area contributed by atoms with E-state index in [1.807, 2.05) is 43.3 Å². The number of amides is 1. The predicted octanol–water partition coefficient (Wildman–Crippen LogP) is 3.14. The average molecular weight is 519 g/mol. The lowest BCUT2D eigenvalue weighted by atomic mass is 10.2. The maximum absolute atomic E-state index is 13.3. The summed E-state index contributed by atoms with van der Waals surface area (Å²) in [5.74, 6) is -1.35. The van der Waals surface area contributed by atoms with Crippen LogP contribution in [0.5, 0.6) is 0 Å². The number of carbonyl (C=O) groups is 1. The highest BCUT2D eigenvalue weighted by Crippen LogP contribution is 2.34. The Hall–Kier alpha value is -3.18. The van der Waals surface area contributed by atoms with Crippen molar-refractivity contribution in [3.63, 3.8) is 0 Å². The Bertz CT molecular complexity index is 1460. The third-order valence-corrected chi connectivity index (χ3v) is 9.40. The molecule has 2 heterocycles. The second-order valence-corrected chi connectivity index (χ2v) is 12.4. The SMILES string of the molecule is CCCS(=O)(=O)c1c(S(=O)(=O)CCC)c2ccccn2c1C(=O)N/N=C/c1ccc(N(C)C)cc1. The van der Waals surface area contributed by atoms with E-state index in [9.17, 15) is 21.6 Å². The number of rotatable bonds is 10. The molecule has 0 bridgehead atoms. The summed E-state index contributed by atoms with van der Waals surface area (Å²) in [6.45, 7) is 3.38. The zero-order chi connectivity index (χ0) is 25.8. The fourth-order valence-electron chi connectivity index (χ4n) is 3.78. The van der Waals surface area contributed by atoms with Crippen molar-refractivity contribution in [2.75, 3.05) is 30.5 Å². The minimum Gasteiger partial charge on any atom is -0.378 e. The van der Waals surface area contributed by atoms with E-state index in [1.54, 1.807) is 26.0 Å². The molecule has 3 aromatic rings. The van der Waals surface area contributed by atoms with Crippen molar-refractivity contribution in [1.82, 2.24) is 9.83 Å². The summed E-state index contributed by atoms with van der Waals surface area (Å²) in [4.78, 5) is 14.4. The molecular formula is C24H30N4O5S2. The van der Waals surface area contributed by atoms with Crippen molar-refractivity contribution in [2.45, 2.75) is 36.5 Å². The highest BCUT2D eigenvalue weighted by Gasteiger charge is 2.36. The maximum Gasteiger partial charge on any atom is 0.289 e. The van der Waals surface area contributed by atoms with Crippen molar-refractivity contribution < 1.29 is 21.6 Å². The molecule has 0 aliphatic carbocycles. The standard InChI is InChI=1S/C24H30N4O5S2/c1-5-15-34(30,31)22-20-9-7-8-14-28(20)21(23(22)35(32,33)16-6-2)24(29)26-25-17-18-10-12-19(13-11-18)27(3)4/h7-14,17H,5-6,15-16H2,1-4H3,(H,26,29)/b25-17+. The molecule has 188 valence electrons. The highest BCUT2D eigenvalue weighted by molar-refractivity contribution is 7.94. The van der Waals surface area contributed by atoms with E-state index in [0.717, 1.165) is 11.3 Å². The van der Waals surface area contributed by atoms with E-state index in [2.05, 4.69) is 10.5 Å². The monoisotopic (exact) mass is 518 g/mol. The minimum absolute atomic E-state index is 0.143. The summed E-state index contributed by atoms with van der Waals surface area (Å²) in [7, 11) is -4.22. The minimum atomic E-state index is -4.09. The highest BCUT2D eigenvalue weighted by atomic mass is 32.2. The number of pyridine rings is 1. The van der Waals surface area contributed by atoms with Gasteiger partial charge in [0, 0.05) is 26.0 Å². The Labute approximate surface area is 206 Å². The third-order valence-electron chi connectivity index (χ3n) is 5.33. The molecule has 3 rings (SSSR count). The van der Waals surface area contributed by atoms with Gasteiger partial charge in [0.05, 0.1) is 23.2 Å². The van der Waals surface area contributed by atoms with Crippen LogP contribution in [0, 0.1) is 0 Å². The quantitative estimate of drug-likeness (QED) is 0.326. The lowest BCUT2D eigenvalue weighted by Crippen LogP contribution is -2.23. The van der Waals surface area contributed by atoms with Crippen molar-refractivity contribution in [1.29, 1.82) is 0 Å². The molecule has 9 nitrogen and oxygen atoms in total. The van der Waals surface area contributed by atoms with E-state index < -0.39 is 30.5 Å². The van der Waals surface area contributed by atoms with Crippen molar-refractivity contribution in [3.05, 3.63) is 59.9 Å². The van der Waals surface area contributed by atoms with Crippen molar-refractivity contribution >= 4 is 43.0 Å². The molecule has 0 atom stereocenters. The first kappa shape index (κ1) is 26.4. The lowest BCUT2D eigenvalue weighted by Gasteiger charge is -2.11. The van der Waals surface area contributed by atoms with Crippen LogP contribution in [-0.4, -0.2) is 59.0 Å². The van der Waals surface area contributed by atoms with Crippen LogP contribution in [0.4, 0.5) is 5.69 Å². The molecule has 0 saturated carbocycles. The number of hydrogen-bond acceptors (Lipinski definition) is 7. The molecule has 1 aromatic carbocycles. The van der Waals surface area contributed by atoms with Gasteiger partial charge in [-0.1, -0.05) is 32.0 Å². The maximum atomic E-state index is 13.3. The second-order valence-electron chi connectivity index (χ2n) is 8.29. The molecule has 0 aliphatic rings. The molecule has 0 fully saturated rings. The molecule has 0 saturated heterocycles. The van der Waals surface area contributed by atoms with Gasteiger partial charge in [-0.2, -0.15) is 5.10 Å². The Morgan fingerprint density at radius 2 is 1.54 bits per heavy atom. The first-order chi connectivity index (χ1) is 16.5. The Balaban J connectivity index is 2.12. The van der Waals surface area contributed by atoms with Crippen LogP contribution >= 0.6 is 0 Å². The summed E-state index contributed by atoms with van der Waals surface area (Å²) >= 11 is 0. The van der Waals surface area contributed by atoms with Gasteiger partial charge in [-0.3, -0.25) is 4.79 Å². The molecule has 35 heavy (non-hydrogen) atoms. The Morgan fingerprint density at radius 1 is 0.943 bits per heavy atom. The summed E-state index contributed by atoms with van der Waals surface area (Å²) in [6.07, 6.45) is 3.48. The molecule has 1 N–H and O–H groups in total. The second kappa shape index (κ2) is 10.6. The first-order valence-electron chi connectivity index (χ1n) is 11.2. The van der Waals surface area contributed by atoms with E-state index in [-0.39, 0.29) is 34.0 Å². The van der Waals surface area contributed by atoms with Crippen LogP contribution in [0.1, 0.15) is 42.7 Å². The summed E-state index contributed by atoms with van der Waals surface area (Å²) in [6, 6.07) is 12.1. The number of carbonyl (C=O) groups excluding carboxylic acids is 1. The molecule has 0 unspecified atom stereocenters. The number of nitrogens with zero attached hydrogens (tertiary/aromatic N) is 3. The molecule has 0 radical (unpaired) electrons. The van der Waals surface area contributed by atoms with Gasteiger partial charge in [-0.25, -0.2) is 22.3 Å². The molecule has 0 spiro atoms. The van der Waals surface area contributed by atoms with Crippen LogP contribution in [0.15, 0.2) is 63.6 Å². The van der Waals surface area contributed by atoms with Gasteiger partial charge in [0.15, 0.2) is 19.7 Å². The third kappa shape index (κ3) is 5.57. The number of sulfone groups is 2. The van der Waals surface area contributed by atoms with E-state index in [0.29, 0.717) is 6.42 Å². The zero-order valence-electron chi connectivity index (χ0n) is 20.2. The molecule has 0 aliphatic heterocycles. The number of aromatic nitrogens is 1. The van der Waals surface area contributed by atoms with Crippen molar-refractivity contribution in [3.8, 4) is 0 Å². The van der Waals surface area contributed by atoms with Gasteiger partial charge >= 0.3 is 0 Å². The van der Waals surface area contributed by atoms with Gasteiger partial charge < -0.3 is 9.30 Å². The van der Waals surface area contributed by atoms with Crippen molar-refractivity contribution in [2.24, 2.45) is 5.10 Å². The zero-order valence-corrected chi connectivity index (χ0v) is 21.9. The summed E-state index contributed by atoms with van der Waals surface area (Å²) < 4.78 is 54.2. The fourth-order valence-corrected chi connectivity index (χ4v) is 7.76. The number of hydrogen-bond donors (Lipinski definition) is 1. The molecule has 2 aromatic heterocycles. The average Bonchev–Trinajstić information content (AvgIpc) is 3.16. The number of nitrogens with one attached hydrogen (secondary N) is 1. The molecule has 11 heteroatoms. The van der Waals surface area contributed by atoms with Gasteiger partial charge in [0.1, 0.15) is 15.5 Å². The van der Waals surface area contributed by atoms with Crippen LogP contribution in [0.3, 0.4) is 0 Å². The predicted molar refractivity (Wildman–Crippen MR) is 138 cm³/mol.